The normalized spacial score (nSPS) is 13.3. The van der Waals surface area contributed by atoms with Crippen LogP contribution < -0.4 is 4.74 Å². The van der Waals surface area contributed by atoms with E-state index in [1.807, 2.05) is 25.1 Å². The van der Waals surface area contributed by atoms with E-state index < -0.39 is 0 Å². The second kappa shape index (κ2) is 3.59. The highest BCUT2D eigenvalue weighted by Crippen LogP contribution is 2.30. The van der Waals surface area contributed by atoms with Crippen LogP contribution >= 0.6 is 0 Å². The molecule has 0 aromatic carbocycles. The van der Waals surface area contributed by atoms with E-state index >= 15 is 0 Å². The Balaban J connectivity index is 2.08. The molecule has 3 heteroatoms. The van der Waals surface area contributed by atoms with Crippen molar-refractivity contribution in [3.8, 4) is 11.6 Å². The molecular formula is C13H12N2O. The number of nitrogens with zero attached hydrogens (tertiary/aromatic N) is 2. The lowest BCUT2D eigenvalue weighted by Crippen LogP contribution is -1.94. The van der Waals surface area contributed by atoms with Gasteiger partial charge >= 0.3 is 0 Å². The van der Waals surface area contributed by atoms with Crippen LogP contribution in [0.15, 0.2) is 30.5 Å². The Morgan fingerprint density at radius 3 is 3.06 bits per heavy atom. The van der Waals surface area contributed by atoms with Crippen molar-refractivity contribution in [3.63, 3.8) is 0 Å². The minimum absolute atomic E-state index is 0.715. The highest BCUT2D eigenvalue weighted by Gasteiger charge is 2.15. The van der Waals surface area contributed by atoms with Crippen molar-refractivity contribution in [1.29, 1.82) is 0 Å². The summed E-state index contributed by atoms with van der Waals surface area (Å²) in [4.78, 5) is 8.75. The Morgan fingerprint density at radius 1 is 1.19 bits per heavy atom. The lowest BCUT2D eigenvalue weighted by molar-refractivity contribution is 0.456. The minimum atomic E-state index is 0.715. The summed E-state index contributed by atoms with van der Waals surface area (Å²) in [5.74, 6) is 1.55. The van der Waals surface area contributed by atoms with E-state index in [1.165, 1.54) is 0 Å². The standard InChI is InChI=1S/C13H12N2O/c1-9-4-7-12-11(15-9)6-5-10-3-2-8-14-13(10)16-12/h2-4,7-8H,5-6H2,1H3. The quantitative estimate of drug-likeness (QED) is 0.673. The first kappa shape index (κ1) is 9.33. The first-order valence-electron chi connectivity index (χ1n) is 5.41. The summed E-state index contributed by atoms with van der Waals surface area (Å²) in [6.45, 7) is 2.00. The molecule has 1 aliphatic heterocycles. The second-order valence-corrected chi connectivity index (χ2v) is 3.97. The van der Waals surface area contributed by atoms with E-state index in [0.717, 1.165) is 35.5 Å². The van der Waals surface area contributed by atoms with E-state index in [0.29, 0.717) is 5.88 Å². The molecule has 80 valence electrons. The SMILES string of the molecule is Cc1ccc2c(n1)CCc1cccnc1O2. The van der Waals surface area contributed by atoms with Gasteiger partial charge in [-0.3, -0.25) is 4.98 Å². The topological polar surface area (TPSA) is 35.0 Å². The lowest BCUT2D eigenvalue weighted by atomic mass is 10.1. The molecule has 0 saturated carbocycles. The van der Waals surface area contributed by atoms with Gasteiger partial charge in [0.2, 0.25) is 5.88 Å². The number of pyridine rings is 2. The molecule has 2 aromatic rings. The predicted octanol–water partition coefficient (Wildman–Crippen LogP) is 2.68. The largest absolute Gasteiger partial charge is 0.437 e. The summed E-state index contributed by atoms with van der Waals surface area (Å²) >= 11 is 0. The van der Waals surface area contributed by atoms with Gasteiger partial charge in [0.1, 0.15) is 0 Å². The van der Waals surface area contributed by atoms with Crippen molar-refractivity contribution in [1.82, 2.24) is 9.97 Å². The molecule has 2 aromatic heterocycles. The average molecular weight is 212 g/mol. The van der Waals surface area contributed by atoms with Gasteiger partial charge in [-0.25, -0.2) is 4.98 Å². The van der Waals surface area contributed by atoms with Gasteiger partial charge in [-0.15, -0.1) is 0 Å². The van der Waals surface area contributed by atoms with Crippen LogP contribution in [-0.4, -0.2) is 9.97 Å². The summed E-state index contributed by atoms with van der Waals surface area (Å²) in [5.41, 5.74) is 3.21. The van der Waals surface area contributed by atoms with E-state index in [2.05, 4.69) is 16.0 Å². The number of hydrogen-bond acceptors (Lipinski definition) is 3. The fourth-order valence-corrected chi connectivity index (χ4v) is 1.93. The highest BCUT2D eigenvalue weighted by atomic mass is 16.5. The van der Waals surface area contributed by atoms with Crippen LogP contribution in [0, 0.1) is 6.92 Å². The molecule has 3 heterocycles. The number of hydrogen-bond donors (Lipinski definition) is 0. The van der Waals surface area contributed by atoms with Gasteiger partial charge in [0.15, 0.2) is 5.75 Å². The van der Waals surface area contributed by atoms with Gasteiger partial charge in [0.05, 0.1) is 5.69 Å². The maximum absolute atomic E-state index is 5.78. The summed E-state index contributed by atoms with van der Waals surface area (Å²) < 4.78 is 5.78. The maximum Gasteiger partial charge on any atom is 0.222 e. The number of aryl methyl sites for hydroxylation is 3. The van der Waals surface area contributed by atoms with Crippen molar-refractivity contribution in [2.75, 3.05) is 0 Å². The van der Waals surface area contributed by atoms with Gasteiger partial charge in [0, 0.05) is 17.5 Å². The van der Waals surface area contributed by atoms with Crippen LogP contribution in [0.5, 0.6) is 11.6 Å². The number of ether oxygens (including phenoxy) is 1. The Kier molecular flexibility index (Phi) is 2.10. The molecule has 0 radical (unpaired) electrons. The summed E-state index contributed by atoms with van der Waals surface area (Å²) in [6.07, 6.45) is 3.60. The minimum Gasteiger partial charge on any atom is -0.437 e. The molecule has 0 amide bonds. The lowest BCUT2D eigenvalue weighted by Gasteiger charge is -2.06. The van der Waals surface area contributed by atoms with Gasteiger partial charge in [-0.1, -0.05) is 6.07 Å². The molecule has 0 saturated heterocycles. The predicted molar refractivity (Wildman–Crippen MR) is 60.7 cm³/mol. The third kappa shape index (κ3) is 1.54. The number of aromatic nitrogens is 2. The van der Waals surface area contributed by atoms with E-state index in [1.54, 1.807) is 6.20 Å². The molecule has 0 unspecified atom stereocenters. The fourth-order valence-electron chi connectivity index (χ4n) is 1.93. The van der Waals surface area contributed by atoms with Crippen LogP contribution in [0.2, 0.25) is 0 Å². The van der Waals surface area contributed by atoms with Gasteiger partial charge < -0.3 is 4.74 Å². The Labute approximate surface area is 94.1 Å². The van der Waals surface area contributed by atoms with Crippen LogP contribution in [0.3, 0.4) is 0 Å². The molecule has 3 nitrogen and oxygen atoms in total. The van der Waals surface area contributed by atoms with E-state index in [4.69, 9.17) is 4.74 Å². The number of rotatable bonds is 0. The monoisotopic (exact) mass is 212 g/mol. The highest BCUT2D eigenvalue weighted by molar-refractivity contribution is 5.39. The fraction of sp³-hybridized carbons (Fsp3) is 0.231. The molecule has 3 rings (SSSR count). The summed E-state index contributed by atoms with van der Waals surface area (Å²) in [5, 5.41) is 0. The third-order valence-corrected chi connectivity index (χ3v) is 2.76. The van der Waals surface area contributed by atoms with Crippen LogP contribution in [0.1, 0.15) is 17.0 Å². The van der Waals surface area contributed by atoms with Gasteiger partial charge in [-0.05, 0) is 38.0 Å². The summed E-state index contributed by atoms with van der Waals surface area (Å²) in [6, 6.07) is 7.94. The first-order valence-corrected chi connectivity index (χ1v) is 5.41. The molecule has 1 aliphatic rings. The zero-order valence-corrected chi connectivity index (χ0v) is 9.10. The zero-order valence-electron chi connectivity index (χ0n) is 9.10. The molecule has 0 spiro atoms. The molecular weight excluding hydrogens is 200 g/mol. The Hall–Kier alpha value is -1.90. The third-order valence-electron chi connectivity index (χ3n) is 2.76. The average Bonchev–Trinajstić information content (AvgIpc) is 2.48. The van der Waals surface area contributed by atoms with Crippen molar-refractivity contribution < 1.29 is 4.74 Å². The molecule has 16 heavy (non-hydrogen) atoms. The van der Waals surface area contributed by atoms with Crippen molar-refractivity contribution >= 4 is 0 Å². The van der Waals surface area contributed by atoms with Crippen LogP contribution in [0.4, 0.5) is 0 Å². The smallest absolute Gasteiger partial charge is 0.222 e. The Bertz CT molecular complexity index is 537. The zero-order chi connectivity index (χ0) is 11.0. The molecule has 0 fully saturated rings. The van der Waals surface area contributed by atoms with Crippen LogP contribution in [0.25, 0.3) is 0 Å². The summed E-state index contributed by atoms with van der Waals surface area (Å²) in [7, 11) is 0. The van der Waals surface area contributed by atoms with Crippen molar-refractivity contribution in [3.05, 3.63) is 47.4 Å². The molecule has 0 N–H and O–H groups in total. The van der Waals surface area contributed by atoms with Crippen molar-refractivity contribution in [2.24, 2.45) is 0 Å². The van der Waals surface area contributed by atoms with E-state index in [-0.39, 0.29) is 0 Å². The second-order valence-electron chi connectivity index (χ2n) is 3.97. The van der Waals surface area contributed by atoms with Crippen molar-refractivity contribution in [2.45, 2.75) is 19.8 Å². The molecule has 0 atom stereocenters. The van der Waals surface area contributed by atoms with E-state index in [9.17, 15) is 0 Å². The van der Waals surface area contributed by atoms with Crippen LogP contribution in [-0.2, 0) is 12.8 Å². The Morgan fingerprint density at radius 2 is 2.12 bits per heavy atom. The number of fused-ring (bicyclic) bond motifs is 2. The first-order chi connectivity index (χ1) is 7.83. The molecule has 0 aliphatic carbocycles. The van der Waals surface area contributed by atoms with Gasteiger partial charge in [-0.2, -0.15) is 0 Å². The van der Waals surface area contributed by atoms with Gasteiger partial charge in [0.25, 0.3) is 0 Å². The maximum atomic E-state index is 5.78. The molecule has 0 bridgehead atoms.